The van der Waals surface area contributed by atoms with Gasteiger partial charge in [-0.2, -0.15) is 0 Å². The molecule has 0 spiro atoms. The maximum atomic E-state index is 10.9. The molecule has 0 aromatic carbocycles. The van der Waals surface area contributed by atoms with Gasteiger partial charge in [-0.15, -0.1) is 0 Å². The van der Waals surface area contributed by atoms with E-state index in [1.807, 2.05) is 13.1 Å². The van der Waals surface area contributed by atoms with Crippen LogP contribution in [-0.4, -0.2) is 22.5 Å². The lowest BCUT2D eigenvalue weighted by molar-refractivity contribution is 0.468. The molecule has 0 aromatic rings. The average molecular weight is 180 g/mol. The van der Waals surface area contributed by atoms with Crippen LogP contribution in [-0.2, 0) is 14.0 Å². The third-order valence-corrected chi connectivity index (χ3v) is 6.69. The Hall–Kier alpha value is 0.127. The van der Waals surface area contributed by atoms with E-state index in [1.165, 1.54) is 0 Å². The second-order valence-electron chi connectivity index (χ2n) is 3.21. The van der Waals surface area contributed by atoms with Gasteiger partial charge in [-0.05, 0) is 25.6 Å². The second-order valence-corrected chi connectivity index (χ2v) is 9.42. The van der Waals surface area contributed by atoms with E-state index in [0.29, 0.717) is 0 Å². The smallest absolute Gasteiger partial charge is 0.257 e. The molecular formula is C5H12O3SSi. The molecule has 5 heteroatoms. The van der Waals surface area contributed by atoms with Crippen LogP contribution in [0.4, 0.5) is 0 Å². The zero-order valence-electron chi connectivity index (χ0n) is 6.25. The Kier molecular flexibility index (Phi) is 1.91. The van der Waals surface area contributed by atoms with Crippen molar-refractivity contribution in [2.45, 2.75) is 25.6 Å². The van der Waals surface area contributed by atoms with E-state index in [9.17, 15) is 8.42 Å². The molecule has 0 N–H and O–H groups in total. The minimum atomic E-state index is -3.13. The highest BCUT2D eigenvalue weighted by Gasteiger charge is 2.33. The topological polar surface area (TPSA) is 43.4 Å². The number of hydrogen-bond donors (Lipinski definition) is 0. The Bertz CT molecular complexity index is 219. The molecule has 3 nitrogen and oxygen atoms in total. The van der Waals surface area contributed by atoms with Gasteiger partial charge in [0.25, 0.3) is 10.1 Å². The van der Waals surface area contributed by atoms with Gasteiger partial charge in [0.05, 0.1) is 5.75 Å². The van der Waals surface area contributed by atoms with Crippen LogP contribution in [0.25, 0.3) is 0 Å². The van der Waals surface area contributed by atoms with Gasteiger partial charge < -0.3 is 3.87 Å². The maximum Gasteiger partial charge on any atom is 0.257 e. The van der Waals surface area contributed by atoms with Gasteiger partial charge in [0, 0.05) is 0 Å². The molecule has 60 valence electrons. The van der Waals surface area contributed by atoms with Crippen LogP contribution in [0.15, 0.2) is 0 Å². The van der Waals surface area contributed by atoms with E-state index < -0.39 is 18.4 Å². The fraction of sp³-hybridized carbons (Fsp3) is 1.00. The Labute approximate surface area is 62.6 Å². The summed E-state index contributed by atoms with van der Waals surface area (Å²) < 4.78 is 26.7. The summed E-state index contributed by atoms with van der Waals surface area (Å²) in [6, 6.07) is 0.965. The minimum absolute atomic E-state index is 0.212. The van der Waals surface area contributed by atoms with Crippen molar-refractivity contribution in [2.24, 2.45) is 0 Å². The van der Waals surface area contributed by atoms with E-state index in [4.69, 9.17) is 3.87 Å². The normalized spacial score (nSPS) is 29.8. The molecular weight excluding hydrogens is 168 g/mol. The van der Waals surface area contributed by atoms with Crippen LogP contribution in [0, 0.1) is 0 Å². The molecule has 0 radical (unpaired) electrons. The van der Waals surface area contributed by atoms with Gasteiger partial charge in [0.1, 0.15) is 0 Å². The highest BCUT2D eigenvalue weighted by Crippen LogP contribution is 2.22. The first-order valence-electron chi connectivity index (χ1n) is 3.35. The highest BCUT2D eigenvalue weighted by atomic mass is 32.2. The van der Waals surface area contributed by atoms with E-state index in [0.717, 1.165) is 12.5 Å². The number of rotatable bonds is 0. The highest BCUT2D eigenvalue weighted by molar-refractivity contribution is 7.87. The zero-order chi connectivity index (χ0) is 7.83. The molecule has 0 amide bonds. The van der Waals surface area contributed by atoms with Crippen molar-refractivity contribution in [3.8, 4) is 0 Å². The van der Waals surface area contributed by atoms with Crippen molar-refractivity contribution in [2.75, 3.05) is 5.75 Å². The van der Waals surface area contributed by atoms with E-state index in [-0.39, 0.29) is 5.75 Å². The summed E-state index contributed by atoms with van der Waals surface area (Å²) in [5.74, 6) is 0.212. The van der Waals surface area contributed by atoms with E-state index in [1.54, 1.807) is 0 Å². The first-order chi connectivity index (χ1) is 4.41. The predicted molar refractivity (Wildman–Crippen MR) is 41.8 cm³/mol. The third kappa shape index (κ3) is 2.07. The van der Waals surface area contributed by atoms with Crippen molar-refractivity contribution in [1.29, 1.82) is 0 Å². The number of hydrogen-bond acceptors (Lipinski definition) is 3. The van der Waals surface area contributed by atoms with Crippen molar-refractivity contribution >= 4 is 18.4 Å². The fourth-order valence-corrected chi connectivity index (χ4v) is 6.30. The van der Waals surface area contributed by atoms with Gasteiger partial charge in [-0.1, -0.05) is 0 Å². The van der Waals surface area contributed by atoms with Gasteiger partial charge in [-0.25, -0.2) is 8.42 Å². The summed E-state index contributed by atoms with van der Waals surface area (Å²) in [5.41, 5.74) is 0. The SMILES string of the molecule is C[Si]1(C)CCCS(=O)(=O)O1. The Morgan fingerprint density at radius 2 is 2.00 bits per heavy atom. The van der Waals surface area contributed by atoms with Gasteiger partial charge >= 0.3 is 0 Å². The van der Waals surface area contributed by atoms with E-state index in [2.05, 4.69) is 0 Å². The van der Waals surface area contributed by atoms with Gasteiger partial charge in [-0.3, -0.25) is 0 Å². The molecule has 0 atom stereocenters. The minimum Gasteiger partial charge on any atom is -0.315 e. The standard InChI is InChI=1S/C5H12O3SSi/c1-10(2)5-3-4-9(6,7)8-10/h3-5H2,1-2H3. The summed E-state index contributed by atoms with van der Waals surface area (Å²) in [4.78, 5) is 0. The summed E-state index contributed by atoms with van der Waals surface area (Å²) in [6.45, 7) is 3.87. The van der Waals surface area contributed by atoms with Crippen LogP contribution in [0.3, 0.4) is 0 Å². The van der Waals surface area contributed by atoms with Crippen LogP contribution in [0.1, 0.15) is 6.42 Å². The lowest BCUT2D eigenvalue weighted by atomic mass is 10.6. The molecule has 1 rings (SSSR count). The summed E-state index contributed by atoms with van der Waals surface area (Å²) in [5, 5.41) is 0. The molecule has 1 aliphatic rings. The largest absolute Gasteiger partial charge is 0.315 e. The van der Waals surface area contributed by atoms with Crippen LogP contribution >= 0.6 is 0 Å². The first-order valence-corrected chi connectivity index (χ1v) is 8.04. The second kappa shape index (κ2) is 2.32. The zero-order valence-corrected chi connectivity index (χ0v) is 8.07. The maximum absolute atomic E-state index is 10.9. The Balaban J connectivity index is 2.75. The Morgan fingerprint density at radius 1 is 1.40 bits per heavy atom. The van der Waals surface area contributed by atoms with Crippen molar-refractivity contribution in [3.63, 3.8) is 0 Å². The van der Waals surface area contributed by atoms with Crippen LogP contribution in [0.5, 0.6) is 0 Å². The third-order valence-electron chi connectivity index (χ3n) is 1.53. The lowest BCUT2D eigenvalue weighted by Crippen LogP contribution is -2.38. The van der Waals surface area contributed by atoms with Crippen molar-refractivity contribution in [1.82, 2.24) is 0 Å². The molecule has 1 fully saturated rings. The summed E-state index contributed by atoms with van der Waals surface area (Å²) >= 11 is 0. The van der Waals surface area contributed by atoms with Gasteiger partial charge in [0.15, 0.2) is 0 Å². The molecule has 0 aromatic heterocycles. The quantitative estimate of drug-likeness (QED) is 0.521. The first kappa shape index (κ1) is 8.23. The molecule has 0 saturated carbocycles. The molecule has 0 unspecified atom stereocenters. The summed E-state index contributed by atoms with van der Waals surface area (Å²) in [7, 11) is -4.94. The molecule has 0 bridgehead atoms. The predicted octanol–water partition coefficient (Wildman–Crippen LogP) is 0.942. The van der Waals surface area contributed by atoms with E-state index >= 15 is 0 Å². The van der Waals surface area contributed by atoms with Crippen molar-refractivity contribution in [3.05, 3.63) is 0 Å². The van der Waals surface area contributed by atoms with Crippen molar-refractivity contribution < 1.29 is 12.3 Å². The molecule has 10 heavy (non-hydrogen) atoms. The monoisotopic (exact) mass is 180 g/mol. The van der Waals surface area contributed by atoms with Crippen LogP contribution in [0.2, 0.25) is 19.1 Å². The molecule has 1 saturated heterocycles. The average Bonchev–Trinajstić information content (AvgIpc) is 1.56. The molecule has 1 heterocycles. The van der Waals surface area contributed by atoms with Gasteiger partial charge in [0.2, 0.25) is 8.32 Å². The Morgan fingerprint density at radius 3 is 2.30 bits per heavy atom. The molecule has 0 aliphatic carbocycles. The molecule has 1 aliphatic heterocycles. The van der Waals surface area contributed by atoms with Crippen LogP contribution < -0.4 is 0 Å². The summed E-state index contributed by atoms with van der Waals surface area (Å²) in [6.07, 6.45) is 0.779. The fourth-order valence-electron chi connectivity index (χ4n) is 1.10. The lowest BCUT2D eigenvalue weighted by Gasteiger charge is -2.26.